The molecule has 0 aromatic carbocycles. The van der Waals surface area contributed by atoms with Crippen LogP contribution in [-0.2, 0) is 9.53 Å². The molecule has 0 spiro atoms. The van der Waals surface area contributed by atoms with Gasteiger partial charge in [0.25, 0.3) is 0 Å². The van der Waals surface area contributed by atoms with Crippen molar-refractivity contribution >= 4 is 5.97 Å². The van der Waals surface area contributed by atoms with Crippen molar-refractivity contribution in [3.63, 3.8) is 0 Å². The normalized spacial score (nSPS) is 9.82. The summed E-state index contributed by atoms with van der Waals surface area (Å²) in [5.74, 6) is -0.509. The van der Waals surface area contributed by atoms with E-state index in [9.17, 15) is 4.79 Å². The molecule has 0 atom stereocenters. The van der Waals surface area contributed by atoms with Crippen LogP contribution >= 0.6 is 0 Å². The molecule has 0 fully saturated rings. The second-order valence-corrected chi connectivity index (χ2v) is 2.11. The Morgan fingerprint density at radius 1 is 1.64 bits per heavy atom. The number of methoxy groups -OCH3 is 1. The van der Waals surface area contributed by atoms with Crippen molar-refractivity contribution < 1.29 is 19.7 Å². The summed E-state index contributed by atoms with van der Waals surface area (Å²) < 4.78 is 4.34. The quantitative estimate of drug-likeness (QED) is 0.340. The van der Waals surface area contributed by atoms with Crippen molar-refractivity contribution in [2.75, 3.05) is 7.11 Å². The number of carbonyl (C=O) groups is 1. The number of rotatable bonds is 4. The van der Waals surface area contributed by atoms with Gasteiger partial charge in [0.2, 0.25) is 0 Å². The van der Waals surface area contributed by atoms with E-state index in [0.29, 0.717) is 0 Å². The predicted octanol–water partition coefficient (Wildman–Crippen LogP) is -0.194. The first-order chi connectivity index (χ1) is 5.07. The number of ether oxygens (including phenoxy) is 1. The molecule has 0 aliphatic carbocycles. The summed E-state index contributed by atoms with van der Waals surface area (Å²) in [5, 5.41) is 16.8. The van der Waals surface area contributed by atoms with E-state index in [1.165, 1.54) is 7.11 Å². The highest BCUT2D eigenvalue weighted by atomic mass is 16.5. The molecule has 0 aliphatic heterocycles. The van der Waals surface area contributed by atoms with Crippen molar-refractivity contribution in [2.24, 2.45) is 0 Å². The number of aliphatic hydroxyl groups excluding tert-OH is 1. The standard InChI is InChI=1S/C7H12O4/c1-5(7(10)11-2)3-4-6(8)9/h6,8-9H,1,3-4H2,2H3. The van der Waals surface area contributed by atoms with E-state index in [1.54, 1.807) is 0 Å². The molecule has 4 nitrogen and oxygen atoms in total. The molecule has 0 amide bonds. The van der Waals surface area contributed by atoms with Crippen LogP contribution in [0.25, 0.3) is 0 Å². The number of carbonyl (C=O) groups excluding carboxylic acids is 1. The molecule has 0 aromatic rings. The molecular formula is C7H12O4. The number of esters is 1. The van der Waals surface area contributed by atoms with E-state index in [-0.39, 0.29) is 18.4 Å². The van der Waals surface area contributed by atoms with Crippen LogP contribution in [0.3, 0.4) is 0 Å². The fourth-order valence-corrected chi connectivity index (χ4v) is 0.550. The Hall–Kier alpha value is -0.870. The highest BCUT2D eigenvalue weighted by Crippen LogP contribution is 2.05. The Kier molecular flexibility index (Phi) is 4.49. The van der Waals surface area contributed by atoms with Crippen LogP contribution in [-0.4, -0.2) is 29.6 Å². The Morgan fingerprint density at radius 2 is 2.18 bits per heavy atom. The molecule has 0 aliphatic rings. The molecule has 0 unspecified atom stereocenters. The van der Waals surface area contributed by atoms with Crippen molar-refractivity contribution in [3.8, 4) is 0 Å². The smallest absolute Gasteiger partial charge is 0.333 e. The second-order valence-electron chi connectivity index (χ2n) is 2.11. The van der Waals surface area contributed by atoms with Crippen LogP contribution in [0.15, 0.2) is 12.2 Å². The lowest BCUT2D eigenvalue weighted by molar-refractivity contribution is -0.136. The zero-order valence-electron chi connectivity index (χ0n) is 6.41. The van der Waals surface area contributed by atoms with Gasteiger partial charge >= 0.3 is 5.97 Å². The second kappa shape index (κ2) is 4.87. The van der Waals surface area contributed by atoms with Crippen molar-refractivity contribution in [1.82, 2.24) is 0 Å². The molecule has 11 heavy (non-hydrogen) atoms. The van der Waals surface area contributed by atoms with Gasteiger partial charge in [-0.3, -0.25) is 0 Å². The van der Waals surface area contributed by atoms with Crippen LogP contribution in [0.2, 0.25) is 0 Å². The third-order valence-electron chi connectivity index (χ3n) is 1.18. The van der Waals surface area contributed by atoms with Crippen LogP contribution in [0.4, 0.5) is 0 Å². The molecule has 4 heteroatoms. The molecule has 0 saturated heterocycles. The minimum Gasteiger partial charge on any atom is -0.466 e. The highest BCUT2D eigenvalue weighted by molar-refractivity contribution is 5.87. The van der Waals surface area contributed by atoms with E-state index >= 15 is 0 Å². The first-order valence-electron chi connectivity index (χ1n) is 3.20. The number of hydrogen-bond acceptors (Lipinski definition) is 4. The molecule has 0 saturated carbocycles. The van der Waals surface area contributed by atoms with Crippen LogP contribution in [0.5, 0.6) is 0 Å². The molecule has 0 aromatic heterocycles. The van der Waals surface area contributed by atoms with Crippen LogP contribution < -0.4 is 0 Å². The van der Waals surface area contributed by atoms with Gasteiger partial charge in [0, 0.05) is 12.0 Å². The topological polar surface area (TPSA) is 66.8 Å². The third-order valence-corrected chi connectivity index (χ3v) is 1.18. The lowest BCUT2D eigenvalue weighted by Crippen LogP contribution is -2.08. The summed E-state index contributed by atoms with van der Waals surface area (Å²) in [4.78, 5) is 10.6. The van der Waals surface area contributed by atoms with E-state index < -0.39 is 12.3 Å². The average molecular weight is 160 g/mol. The van der Waals surface area contributed by atoms with Gasteiger partial charge in [0.05, 0.1) is 7.11 Å². The summed E-state index contributed by atoms with van der Waals surface area (Å²) >= 11 is 0. The fraction of sp³-hybridized carbons (Fsp3) is 0.571. The van der Waals surface area contributed by atoms with E-state index in [0.717, 1.165) is 0 Å². The Balaban J connectivity index is 3.61. The number of aliphatic hydroxyl groups is 2. The maximum atomic E-state index is 10.6. The zero-order valence-corrected chi connectivity index (χ0v) is 6.41. The van der Waals surface area contributed by atoms with Gasteiger partial charge in [-0.05, 0) is 6.42 Å². The van der Waals surface area contributed by atoms with Crippen molar-refractivity contribution in [2.45, 2.75) is 19.1 Å². The third kappa shape index (κ3) is 4.52. The first-order valence-corrected chi connectivity index (χ1v) is 3.20. The average Bonchev–Trinajstić information content (AvgIpc) is 1.98. The van der Waals surface area contributed by atoms with Gasteiger partial charge in [-0.1, -0.05) is 6.58 Å². The van der Waals surface area contributed by atoms with Crippen LogP contribution in [0.1, 0.15) is 12.8 Å². The Morgan fingerprint density at radius 3 is 2.55 bits per heavy atom. The van der Waals surface area contributed by atoms with E-state index in [4.69, 9.17) is 10.2 Å². The molecule has 0 bridgehead atoms. The van der Waals surface area contributed by atoms with E-state index in [2.05, 4.69) is 11.3 Å². The Bertz CT molecular complexity index is 151. The zero-order chi connectivity index (χ0) is 8.85. The summed E-state index contributed by atoms with van der Waals surface area (Å²) in [6.45, 7) is 3.40. The van der Waals surface area contributed by atoms with Gasteiger partial charge in [-0.2, -0.15) is 0 Å². The molecular weight excluding hydrogens is 148 g/mol. The minimum atomic E-state index is -1.39. The maximum Gasteiger partial charge on any atom is 0.333 e. The largest absolute Gasteiger partial charge is 0.466 e. The molecule has 0 heterocycles. The van der Waals surface area contributed by atoms with Gasteiger partial charge in [0.1, 0.15) is 0 Å². The van der Waals surface area contributed by atoms with E-state index in [1.807, 2.05) is 0 Å². The van der Waals surface area contributed by atoms with Crippen molar-refractivity contribution in [1.29, 1.82) is 0 Å². The molecule has 2 N–H and O–H groups in total. The lowest BCUT2D eigenvalue weighted by atomic mass is 10.1. The first kappa shape index (κ1) is 10.1. The highest BCUT2D eigenvalue weighted by Gasteiger charge is 2.07. The lowest BCUT2D eigenvalue weighted by Gasteiger charge is -2.03. The Labute approximate surface area is 65.1 Å². The predicted molar refractivity (Wildman–Crippen MR) is 38.6 cm³/mol. The van der Waals surface area contributed by atoms with Gasteiger partial charge in [0.15, 0.2) is 6.29 Å². The monoisotopic (exact) mass is 160 g/mol. The fourth-order valence-electron chi connectivity index (χ4n) is 0.550. The molecule has 0 rings (SSSR count). The minimum absolute atomic E-state index is 0.105. The van der Waals surface area contributed by atoms with Gasteiger partial charge < -0.3 is 14.9 Å². The maximum absolute atomic E-state index is 10.6. The summed E-state index contributed by atoms with van der Waals surface area (Å²) in [7, 11) is 1.25. The van der Waals surface area contributed by atoms with Gasteiger partial charge in [-0.15, -0.1) is 0 Å². The SMILES string of the molecule is C=C(CCC(O)O)C(=O)OC. The summed E-state index contributed by atoms with van der Waals surface area (Å²) in [6.07, 6.45) is -1.05. The van der Waals surface area contributed by atoms with Crippen molar-refractivity contribution in [3.05, 3.63) is 12.2 Å². The number of hydrogen-bond donors (Lipinski definition) is 2. The molecule has 64 valence electrons. The van der Waals surface area contributed by atoms with Crippen LogP contribution in [0, 0.1) is 0 Å². The molecule has 0 radical (unpaired) electrons. The summed E-state index contributed by atoms with van der Waals surface area (Å²) in [5.41, 5.74) is 0.251. The summed E-state index contributed by atoms with van der Waals surface area (Å²) in [6, 6.07) is 0. The van der Waals surface area contributed by atoms with Gasteiger partial charge in [-0.25, -0.2) is 4.79 Å².